The number of nitrogens with one attached hydrogen (secondary N) is 1. The Morgan fingerprint density at radius 3 is 2.88 bits per heavy atom. The Morgan fingerprint density at radius 2 is 2.31 bits per heavy atom. The minimum absolute atomic E-state index is 0.168. The summed E-state index contributed by atoms with van der Waals surface area (Å²) in [5, 5.41) is 11.2. The predicted octanol–water partition coefficient (Wildman–Crippen LogP) is 1.16. The first-order valence-electron chi connectivity index (χ1n) is 4.60. The van der Waals surface area contributed by atoms with Crippen molar-refractivity contribution in [1.29, 1.82) is 0 Å². The van der Waals surface area contributed by atoms with Crippen LogP contribution in [-0.4, -0.2) is 35.2 Å². The molecule has 16 heavy (non-hydrogen) atoms. The highest BCUT2D eigenvalue weighted by atomic mass is 32.1. The molecule has 0 fully saturated rings. The molecule has 0 amide bonds. The number of halogens is 2. The maximum absolute atomic E-state index is 12.8. The minimum Gasteiger partial charge on any atom is -0.487 e. The Bertz CT molecular complexity index is 346. The number of aliphatic hydroxyl groups excluding tert-OH is 1. The molecule has 0 aliphatic carbocycles. The van der Waals surface area contributed by atoms with Crippen molar-refractivity contribution in [2.45, 2.75) is 12.8 Å². The van der Waals surface area contributed by atoms with E-state index in [1.807, 2.05) is 0 Å². The molecular formula is C8H13F2N3O2S. The molecule has 0 atom stereocenters. The maximum Gasteiger partial charge on any atom is 0.287 e. The summed E-state index contributed by atoms with van der Waals surface area (Å²) in [6, 6.07) is 0. The molecule has 1 rings (SSSR count). The molecule has 1 aromatic heterocycles. The lowest BCUT2D eigenvalue weighted by Crippen LogP contribution is -2.30. The van der Waals surface area contributed by atoms with Crippen molar-refractivity contribution in [3.05, 3.63) is 0 Å². The van der Waals surface area contributed by atoms with Gasteiger partial charge in [-0.2, -0.15) is 4.37 Å². The molecule has 0 unspecified atom stereocenters. The average molecular weight is 253 g/mol. The van der Waals surface area contributed by atoms with Crippen molar-refractivity contribution in [3.63, 3.8) is 0 Å². The number of aromatic nitrogens is 1. The standard InChI is InChI=1S/C8H13F2N3O2S/c1-2-15-5-6(11)13-16-7(5)12-3-8(9,10)4-14/h12,14H,2-4H2,1H3,(H2,11,13). The van der Waals surface area contributed by atoms with E-state index >= 15 is 0 Å². The summed E-state index contributed by atoms with van der Waals surface area (Å²) in [5.74, 6) is -2.73. The van der Waals surface area contributed by atoms with E-state index in [1.165, 1.54) is 0 Å². The van der Waals surface area contributed by atoms with Crippen LogP contribution in [0.4, 0.5) is 19.6 Å². The van der Waals surface area contributed by atoms with Crippen LogP contribution in [0.15, 0.2) is 0 Å². The normalized spacial score (nSPS) is 11.5. The molecular weight excluding hydrogens is 240 g/mol. The maximum atomic E-state index is 12.8. The number of rotatable bonds is 6. The lowest BCUT2D eigenvalue weighted by Gasteiger charge is -2.14. The Hall–Kier alpha value is -1.15. The number of alkyl halides is 2. The van der Waals surface area contributed by atoms with Crippen LogP contribution in [0, 0.1) is 0 Å². The fourth-order valence-electron chi connectivity index (χ4n) is 0.956. The predicted molar refractivity (Wildman–Crippen MR) is 58.2 cm³/mol. The van der Waals surface area contributed by atoms with Crippen molar-refractivity contribution >= 4 is 22.4 Å². The van der Waals surface area contributed by atoms with E-state index in [-0.39, 0.29) is 11.6 Å². The highest BCUT2D eigenvalue weighted by Crippen LogP contribution is 2.35. The van der Waals surface area contributed by atoms with Crippen LogP contribution in [0.2, 0.25) is 0 Å². The Labute approximate surface area is 95.4 Å². The number of nitrogens with zero attached hydrogens (tertiary/aromatic N) is 1. The van der Waals surface area contributed by atoms with Crippen LogP contribution in [-0.2, 0) is 0 Å². The van der Waals surface area contributed by atoms with Crippen LogP contribution in [0.5, 0.6) is 5.75 Å². The van der Waals surface area contributed by atoms with E-state index in [0.717, 1.165) is 11.5 Å². The minimum atomic E-state index is -3.18. The zero-order chi connectivity index (χ0) is 12.2. The van der Waals surface area contributed by atoms with Gasteiger partial charge in [0.2, 0.25) is 0 Å². The highest BCUT2D eigenvalue weighted by molar-refractivity contribution is 7.11. The van der Waals surface area contributed by atoms with Gasteiger partial charge < -0.3 is 20.9 Å². The van der Waals surface area contributed by atoms with E-state index < -0.39 is 19.1 Å². The van der Waals surface area contributed by atoms with Gasteiger partial charge in [0, 0.05) is 0 Å². The largest absolute Gasteiger partial charge is 0.487 e. The van der Waals surface area contributed by atoms with Crippen LogP contribution in [0.3, 0.4) is 0 Å². The number of nitrogen functional groups attached to an aromatic ring is 1. The van der Waals surface area contributed by atoms with E-state index in [0.29, 0.717) is 11.6 Å². The van der Waals surface area contributed by atoms with Crippen molar-refractivity contribution in [2.75, 3.05) is 30.8 Å². The van der Waals surface area contributed by atoms with E-state index in [1.54, 1.807) is 6.92 Å². The lowest BCUT2D eigenvalue weighted by atomic mass is 10.3. The summed E-state index contributed by atoms with van der Waals surface area (Å²) in [5.41, 5.74) is 5.50. The molecule has 0 radical (unpaired) electrons. The Morgan fingerprint density at radius 1 is 1.62 bits per heavy atom. The first-order valence-corrected chi connectivity index (χ1v) is 5.38. The molecule has 4 N–H and O–H groups in total. The quantitative estimate of drug-likeness (QED) is 0.709. The molecule has 5 nitrogen and oxygen atoms in total. The summed E-state index contributed by atoms with van der Waals surface area (Å²) >= 11 is 0.941. The second kappa shape index (κ2) is 5.26. The number of nitrogens with two attached hydrogens (primary N) is 1. The molecule has 0 aliphatic heterocycles. The highest BCUT2D eigenvalue weighted by Gasteiger charge is 2.28. The summed E-state index contributed by atoms with van der Waals surface area (Å²) in [6.45, 7) is 0.223. The van der Waals surface area contributed by atoms with Crippen molar-refractivity contribution in [3.8, 4) is 5.75 Å². The number of ether oxygens (including phenoxy) is 1. The monoisotopic (exact) mass is 253 g/mol. The number of anilines is 2. The fourth-order valence-corrected chi connectivity index (χ4v) is 1.61. The van der Waals surface area contributed by atoms with Crippen LogP contribution in [0.25, 0.3) is 0 Å². The van der Waals surface area contributed by atoms with Crippen LogP contribution < -0.4 is 15.8 Å². The Balaban J connectivity index is 2.67. The molecule has 0 saturated heterocycles. The van der Waals surface area contributed by atoms with Gasteiger partial charge in [-0.1, -0.05) is 0 Å². The fraction of sp³-hybridized carbons (Fsp3) is 0.625. The first kappa shape index (κ1) is 12.9. The summed E-state index contributed by atoms with van der Waals surface area (Å²) in [6.07, 6.45) is 0. The molecule has 1 heterocycles. The third-order valence-electron chi connectivity index (χ3n) is 1.70. The summed E-state index contributed by atoms with van der Waals surface area (Å²) < 4.78 is 34.5. The third kappa shape index (κ3) is 3.17. The number of aliphatic hydroxyl groups is 1. The topological polar surface area (TPSA) is 80.4 Å². The molecule has 8 heteroatoms. The zero-order valence-electron chi connectivity index (χ0n) is 8.67. The van der Waals surface area contributed by atoms with Crippen molar-refractivity contribution in [2.24, 2.45) is 0 Å². The van der Waals surface area contributed by atoms with E-state index in [2.05, 4.69) is 9.69 Å². The molecule has 92 valence electrons. The smallest absolute Gasteiger partial charge is 0.287 e. The molecule has 0 aromatic carbocycles. The van der Waals surface area contributed by atoms with Crippen molar-refractivity contribution < 1.29 is 18.6 Å². The van der Waals surface area contributed by atoms with Gasteiger partial charge in [-0.3, -0.25) is 0 Å². The van der Waals surface area contributed by atoms with E-state index in [4.69, 9.17) is 15.6 Å². The van der Waals surface area contributed by atoms with Crippen molar-refractivity contribution in [1.82, 2.24) is 4.37 Å². The molecule has 0 bridgehead atoms. The van der Waals surface area contributed by atoms with Crippen LogP contribution in [0.1, 0.15) is 6.92 Å². The SMILES string of the molecule is CCOc1c(N)nsc1NCC(F)(F)CO. The van der Waals surface area contributed by atoms with Gasteiger partial charge >= 0.3 is 0 Å². The van der Waals surface area contributed by atoms with Gasteiger partial charge in [-0.05, 0) is 18.5 Å². The van der Waals surface area contributed by atoms with Crippen LogP contribution >= 0.6 is 11.5 Å². The van der Waals surface area contributed by atoms with Gasteiger partial charge in [0.05, 0.1) is 13.2 Å². The second-order valence-electron chi connectivity index (χ2n) is 3.03. The lowest BCUT2D eigenvalue weighted by molar-refractivity contribution is -0.0372. The summed E-state index contributed by atoms with van der Waals surface area (Å²) in [7, 11) is 0. The zero-order valence-corrected chi connectivity index (χ0v) is 9.48. The molecule has 0 spiro atoms. The summed E-state index contributed by atoms with van der Waals surface area (Å²) in [4.78, 5) is 0. The van der Waals surface area contributed by atoms with Gasteiger partial charge in [-0.15, -0.1) is 0 Å². The molecule has 1 aromatic rings. The van der Waals surface area contributed by atoms with E-state index in [9.17, 15) is 8.78 Å². The van der Waals surface area contributed by atoms with Gasteiger partial charge in [0.25, 0.3) is 5.92 Å². The van der Waals surface area contributed by atoms with Gasteiger partial charge in [0.1, 0.15) is 6.61 Å². The number of hydrogen-bond acceptors (Lipinski definition) is 6. The van der Waals surface area contributed by atoms with Gasteiger partial charge in [0.15, 0.2) is 16.6 Å². The molecule has 0 aliphatic rings. The van der Waals surface area contributed by atoms with Gasteiger partial charge in [-0.25, -0.2) is 8.78 Å². The second-order valence-corrected chi connectivity index (χ2v) is 3.80. The number of hydrogen-bond donors (Lipinski definition) is 3. The average Bonchev–Trinajstić information content (AvgIpc) is 2.59. The third-order valence-corrected chi connectivity index (χ3v) is 2.50. The first-order chi connectivity index (χ1) is 7.50. The Kier molecular flexibility index (Phi) is 4.25. The molecule has 0 saturated carbocycles.